The third kappa shape index (κ3) is 3.31. The van der Waals surface area contributed by atoms with Crippen LogP contribution in [-0.2, 0) is 22.6 Å². The van der Waals surface area contributed by atoms with Gasteiger partial charge >= 0.3 is 0 Å². The van der Waals surface area contributed by atoms with Crippen molar-refractivity contribution in [2.45, 2.75) is 13.0 Å². The fraction of sp³-hybridized carbons (Fsp3) is 0.300. The Kier molecular flexibility index (Phi) is 4.63. The lowest BCUT2D eigenvalue weighted by molar-refractivity contribution is -0.110. The molecule has 0 unspecified atom stereocenters. The molecule has 2 aliphatic heterocycles. The van der Waals surface area contributed by atoms with Crippen LogP contribution >= 0.6 is 0 Å². The first-order valence-electron chi connectivity index (χ1n) is 8.83. The van der Waals surface area contributed by atoms with Crippen LogP contribution in [-0.4, -0.2) is 47.6 Å². The molecule has 0 radical (unpaired) electrons. The van der Waals surface area contributed by atoms with E-state index in [1.807, 2.05) is 24.1 Å². The lowest BCUT2D eigenvalue weighted by atomic mass is 10.0. The van der Waals surface area contributed by atoms with Crippen molar-refractivity contribution < 1.29 is 19.0 Å². The molecule has 27 heavy (non-hydrogen) atoms. The number of halogens is 1. The number of ether oxygens (including phenoxy) is 1. The van der Waals surface area contributed by atoms with Crippen molar-refractivity contribution in [2.24, 2.45) is 0 Å². The molecule has 0 saturated carbocycles. The van der Waals surface area contributed by atoms with Gasteiger partial charge < -0.3 is 20.1 Å². The monoisotopic (exact) mass is 369 g/mol. The largest absolute Gasteiger partial charge is 0.486 e. The molecule has 2 aliphatic rings. The van der Waals surface area contributed by atoms with Crippen molar-refractivity contribution in [1.29, 1.82) is 0 Å². The van der Waals surface area contributed by atoms with E-state index in [1.165, 1.54) is 12.1 Å². The van der Waals surface area contributed by atoms with Crippen molar-refractivity contribution in [3.8, 4) is 0 Å². The van der Waals surface area contributed by atoms with Gasteiger partial charge in [-0.1, -0.05) is 0 Å². The normalized spacial score (nSPS) is 17.7. The minimum atomic E-state index is -0.401. The number of carbonyl (C=O) groups excluding carboxylic acids is 1. The van der Waals surface area contributed by atoms with E-state index < -0.39 is 5.82 Å². The summed E-state index contributed by atoms with van der Waals surface area (Å²) in [5.74, 6) is -0.251. The second-order valence-electron chi connectivity index (χ2n) is 6.71. The van der Waals surface area contributed by atoms with Crippen LogP contribution in [0.25, 0.3) is 11.3 Å². The first-order valence-corrected chi connectivity index (χ1v) is 8.83. The molecule has 1 aromatic carbocycles. The lowest BCUT2D eigenvalue weighted by Crippen LogP contribution is -2.24. The molecule has 140 valence electrons. The summed E-state index contributed by atoms with van der Waals surface area (Å²) in [6.07, 6.45) is 0.754. The predicted molar refractivity (Wildman–Crippen MR) is 99.2 cm³/mol. The number of aliphatic hydroxyl groups excluding tert-OH is 1. The topological polar surface area (TPSA) is 74.7 Å². The molecule has 0 saturated heterocycles. The van der Waals surface area contributed by atoms with Crippen molar-refractivity contribution in [3.05, 3.63) is 58.7 Å². The zero-order valence-electron chi connectivity index (χ0n) is 15.0. The molecule has 0 spiro atoms. The number of hydrogen-bond acceptors (Lipinski definition) is 5. The van der Waals surface area contributed by atoms with Crippen LogP contribution in [0.5, 0.6) is 0 Å². The Bertz CT molecular complexity index is 942. The van der Waals surface area contributed by atoms with Gasteiger partial charge in [0.25, 0.3) is 5.91 Å². The number of carbonyl (C=O) groups is 1. The van der Waals surface area contributed by atoms with Gasteiger partial charge in [0.2, 0.25) is 0 Å². The second-order valence-corrected chi connectivity index (χ2v) is 6.71. The van der Waals surface area contributed by atoms with Gasteiger partial charge in [0, 0.05) is 42.0 Å². The van der Waals surface area contributed by atoms with E-state index in [0.29, 0.717) is 29.1 Å². The molecule has 2 N–H and O–H groups in total. The number of pyridine rings is 1. The molecule has 0 bridgehead atoms. The van der Waals surface area contributed by atoms with Gasteiger partial charge in [0.05, 0.1) is 17.9 Å². The number of fused-ring (bicyclic) bond motifs is 2. The van der Waals surface area contributed by atoms with Crippen molar-refractivity contribution in [3.63, 3.8) is 0 Å². The number of anilines is 1. The molecular formula is C20H20FN3O3. The molecule has 3 heterocycles. The molecule has 1 amide bonds. The zero-order chi connectivity index (χ0) is 19.0. The third-order valence-electron chi connectivity index (χ3n) is 4.81. The zero-order valence-corrected chi connectivity index (χ0v) is 15.0. The number of nitrogens with one attached hydrogen (secondary N) is 1. The minimum absolute atomic E-state index is 0.128. The van der Waals surface area contributed by atoms with Crippen LogP contribution in [0.4, 0.5) is 10.1 Å². The fourth-order valence-corrected chi connectivity index (χ4v) is 3.38. The highest BCUT2D eigenvalue weighted by Crippen LogP contribution is 2.41. The Labute approximate surface area is 156 Å². The number of nitrogens with zero attached hydrogens (tertiary/aromatic N) is 2. The predicted octanol–water partition coefficient (Wildman–Crippen LogP) is 2.04. The number of amides is 1. The van der Waals surface area contributed by atoms with Crippen LogP contribution in [0.15, 0.2) is 30.3 Å². The average molecular weight is 369 g/mol. The molecule has 4 rings (SSSR count). The molecule has 6 nitrogen and oxygen atoms in total. The van der Waals surface area contributed by atoms with Crippen molar-refractivity contribution in [2.75, 3.05) is 32.1 Å². The van der Waals surface area contributed by atoms with Gasteiger partial charge in [-0.15, -0.1) is 0 Å². The van der Waals surface area contributed by atoms with E-state index in [1.54, 1.807) is 6.07 Å². The second kappa shape index (κ2) is 7.09. The van der Waals surface area contributed by atoms with Gasteiger partial charge in [-0.25, -0.2) is 4.39 Å². The van der Waals surface area contributed by atoms with E-state index in [4.69, 9.17) is 9.84 Å². The highest BCUT2D eigenvalue weighted by molar-refractivity contribution is 6.36. The van der Waals surface area contributed by atoms with Crippen LogP contribution in [0.3, 0.4) is 0 Å². The third-order valence-corrected chi connectivity index (χ3v) is 4.81. The van der Waals surface area contributed by atoms with Gasteiger partial charge in [0.1, 0.15) is 18.2 Å². The van der Waals surface area contributed by atoms with Gasteiger partial charge in [-0.3, -0.25) is 9.78 Å². The fourth-order valence-electron chi connectivity index (χ4n) is 3.38. The van der Waals surface area contributed by atoms with E-state index in [-0.39, 0.29) is 19.1 Å². The molecular weight excluding hydrogens is 349 g/mol. The average Bonchev–Trinajstić information content (AvgIpc) is 3.19. The number of aliphatic hydroxyl groups is 1. The summed E-state index contributed by atoms with van der Waals surface area (Å²) >= 11 is 0. The van der Waals surface area contributed by atoms with E-state index >= 15 is 0 Å². The highest BCUT2D eigenvalue weighted by Gasteiger charge is 2.33. The van der Waals surface area contributed by atoms with Crippen LogP contribution < -0.4 is 5.32 Å². The number of aromatic nitrogens is 1. The number of likely N-dealkylation sites (N-methyl/N-ethyl adjacent to an activating group) is 1. The number of benzene rings is 1. The molecule has 2 aromatic rings. The summed E-state index contributed by atoms with van der Waals surface area (Å²) in [6, 6.07) is 8.04. The maximum atomic E-state index is 13.7. The summed E-state index contributed by atoms with van der Waals surface area (Å²) in [5, 5.41) is 11.7. The van der Waals surface area contributed by atoms with Gasteiger partial charge in [-0.05, 0) is 37.4 Å². The Morgan fingerprint density at radius 1 is 1.26 bits per heavy atom. The molecule has 1 aromatic heterocycles. The minimum Gasteiger partial charge on any atom is -0.486 e. The first-order chi connectivity index (χ1) is 13.1. The summed E-state index contributed by atoms with van der Waals surface area (Å²) in [5.41, 5.74) is 3.91. The summed E-state index contributed by atoms with van der Waals surface area (Å²) in [7, 11) is 1.95. The maximum absolute atomic E-state index is 13.7. The smallest absolute Gasteiger partial charge is 0.260 e. The van der Waals surface area contributed by atoms with E-state index in [2.05, 4.69) is 10.3 Å². The molecule has 0 atom stereocenters. The summed E-state index contributed by atoms with van der Waals surface area (Å²) in [4.78, 5) is 19.1. The lowest BCUT2D eigenvalue weighted by Gasteiger charge is -2.14. The SMILES string of the molecule is CN(CCO)CCc1ccc2c(n1)CO/C2=C1\C(=O)Nc2ccc(F)cc21. The Morgan fingerprint density at radius 3 is 2.93 bits per heavy atom. The van der Waals surface area contributed by atoms with E-state index in [0.717, 1.165) is 29.9 Å². The van der Waals surface area contributed by atoms with E-state index in [9.17, 15) is 9.18 Å². The first kappa shape index (κ1) is 17.6. The Morgan fingerprint density at radius 2 is 2.11 bits per heavy atom. The summed E-state index contributed by atoms with van der Waals surface area (Å²) in [6.45, 7) is 1.82. The molecule has 0 fully saturated rings. The molecule has 0 aliphatic carbocycles. The van der Waals surface area contributed by atoms with Gasteiger partial charge in [-0.2, -0.15) is 0 Å². The van der Waals surface area contributed by atoms with Crippen molar-refractivity contribution >= 4 is 22.9 Å². The van der Waals surface area contributed by atoms with Crippen LogP contribution in [0.2, 0.25) is 0 Å². The van der Waals surface area contributed by atoms with Gasteiger partial charge in [0.15, 0.2) is 0 Å². The van der Waals surface area contributed by atoms with Crippen LogP contribution in [0.1, 0.15) is 22.5 Å². The standard InChI is InChI=1S/C20H20FN3O3/c1-24(8-9-25)7-6-13-3-4-14-17(22-13)11-27-19(14)18-15-10-12(21)2-5-16(15)23-20(18)26/h2-5,10,25H,6-9,11H2,1H3,(H,23,26)/b19-18-. The summed E-state index contributed by atoms with van der Waals surface area (Å²) < 4.78 is 19.5. The number of hydrogen-bond donors (Lipinski definition) is 2. The highest BCUT2D eigenvalue weighted by atomic mass is 19.1. The number of rotatable bonds is 5. The maximum Gasteiger partial charge on any atom is 0.260 e. The molecule has 7 heteroatoms. The quantitative estimate of drug-likeness (QED) is 0.789. The Balaban J connectivity index is 1.64. The Hall–Kier alpha value is -2.77. The van der Waals surface area contributed by atoms with Crippen LogP contribution in [0, 0.1) is 5.82 Å². The van der Waals surface area contributed by atoms with Crippen molar-refractivity contribution in [1.82, 2.24) is 9.88 Å².